The van der Waals surface area contributed by atoms with E-state index in [1.165, 1.54) is 6.07 Å². The van der Waals surface area contributed by atoms with Gasteiger partial charge in [0.25, 0.3) is 5.69 Å². The van der Waals surface area contributed by atoms with Crippen LogP contribution in [0.25, 0.3) is 0 Å². The van der Waals surface area contributed by atoms with Crippen LogP contribution in [0.4, 0.5) is 5.69 Å². The number of nitrogens with two attached hydrogens (primary N) is 1. The minimum absolute atomic E-state index is 0. The van der Waals surface area contributed by atoms with Gasteiger partial charge in [-0.2, -0.15) is 0 Å². The molecule has 0 aliphatic heterocycles. The van der Waals surface area contributed by atoms with Crippen LogP contribution >= 0.6 is 12.4 Å². The van der Waals surface area contributed by atoms with Gasteiger partial charge in [-0.3, -0.25) is 10.1 Å². The van der Waals surface area contributed by atoms with Gasteiger partial charge >= 0.3 is 0 Å². The Morgan fingerprint density at radius 1 is 1.47 bits per heavy atom. The summed E-state index contributed by atoms with van der Waals surface area (Å²) in [6.45, 7) is 0.888. The Morgan fingerprint density at radius 2 is 2.18 bits per heavy atom. The first-order valence-corrected chi connectivity index (χ1v) is 5.33. The van der Waals surface area contributed by atoms with E-state index in [0.29, 0.717) is 19.1 Å². The van der Waals surface area contributed by atoms with E-state index in [2.05, 4.69) is 0 Å². The molecule has 1 aliphatic carbocycles. The molecule has 0 radical (unpaired) electrons. The number of benzene rings is 1. The second-order valence-corrected chi connectivity index (χ2v) is 3.89. The Bertz CT molecular complexity index is 408. The fraction of sp³-hybridized carbons (Fsp3) is 0.455. The van der Waals surface area contributed by atoms with Crippen LogP contribution in [0, 0.1) is 10.1 Å². The van der Waals surface area contributed by atoms with E-state index in [4.69, 9.17) is 10.5 Å². The molecule has 1 aromatic carbocycles. The molecule has 0 amide bonds. The molecule has 2 rings (SSSR count). The monoisotopic (exact) mass is 258 g/mol. The minimum atomic E-state index is -0.376. The third kappa shape index (κ3) is 3.31. The molecule has 1 saturated carbocycles. The summed E-state index contributed by atoms with van der Waals surface area (Å²) in [4.78, 5) is 10.3. The normalized spacial score (nSPS) is 13.9. The highest BCUT2D eigenvalue weighted by molar-refractivity contribution is 5.85. The lowest BCUT2D eigenvalue weighted by Gasteiger charge is -2.09. The van der Waals surface area contributed by atoms with E-state index >= 15 is 0 Å². The second-order valence-electron chi connectivity index (χ2n) is 3.89. The molecule has 0 bridgehead atoms. The number of rotatable bonds is 5. The highest BCUT2D eigenvalue weighted by Gasteiger charge is 2.28. The van der Waals surface area contributed by atoms with Gasteiger partial charge in [-0.1, -0.05) is 0 Å². The minimum Gasteiger partial charge on any atom is -0.492 e. The lowest BCUT2D eigenvalue weighted by molar-refractivity contribution is -0.384. The summed E-state index contributed by atoms with van der Waals surface area (Å²) in [7, 11) is 0. The summed E-state index contributed by atoms with van der Waals surface area (Å²) in [5.74, 6) is 1.16. The van der Waals surface area contributed by atoms with Crippen molar-refractivity contribution in [3.8, 4) is 5.75 Å². The predicted octanol–water partition coefficient (Wildman–Crippen LogP) is 2.23. The van der Waals surface area contributed by atoms with Crippen LogP contribution in [0.5, 0.6) is 5.75 Å². The summed E-state index contributed by atoms with van der Waals surface area (Å²) in [6.07, 6.45) is 2.17. The Hall–Kier alpha value is -1.33. The summed E-state index contributed by atoms with van der Waals surface area (Å²) >= 11 is 0. The maximum Gasteiger partial charge on any atom is 0.269 e. The van der Waals surface area contributed by atoms with Gasteiger partial charge in [0.15, 0.2) is 0 Å². The van der Waals surface area contributed by atoms with Crippen molar-refractivity contribution >= 4 is 18.1 Å². The second kappa shape index (κ2) is 5.84. The summed E-state index contributed by atoms with van der Waals surface area (Å²) in [5.41, 5.74) is 6.44. The van der Waals surface area contributed by atoms with Gasteiger partial charge in [-0.25, -0.2) is 0 Å². The van der Waals surface area contributed by atoms with Crippen LogP contribution in [0.1, 0.15) is 24.3 Å². The zero-order valence-electron chi connectivity index (χ0n) is 9.30. The Labute approximate surface area is 106 Å². The molecule has 0 heterocycles. The summed E-state index contributed by atoms with van der Waals surface area (Å²) in [6, 6.07) is 4.75. The van der Waals surface area contributed by atoms with Crippen molar-refractivity contribution in [2.75, 3.05) is 13.2 Å². The van der Waals surface area contributed by atoms with Gasteiger partial charge < -0.3 is 10.5 Å². The topological polar surface area (TPSA) is 78.4 Å². The zero-order valence-corrected chi connectivity index (χ0v) is 10.1. The van der Waals surface area contributed by atoms with Crippen molar-refractivity contribution in [3.63, 3.8) is 0 Å². The number of hydrogen-bond donors (Lipinski definition) is 1. The van der Waals surface area contributed by atoms with Crippen LogP contribution in [0.2, 0.25) is 0 Å². The smallest absolute Gasteiger partial charge is 0.269 e. The number of halogens is 1. The molecule has 1 aromatic rings. The molecule has 5 nitrogen and oxygen atoms in total. The number of nitro benzene ring substituents is 1. The molecule has 1 aliphatic rings. The molecule has 1 fully saturated rings. The zero-order chi connectivity index (χ0) is 11.5. The van der Waals surface area contributed by atoms with Crippen molar-refractivity contribution in [1.29, 1.82) is 0 Å². The third-order valence-electron chi connectivity index (χ3n) is 2.60. The Kier molecular flexibility index (Phi) is 4.72. The van der Waals surface area contributed by atoms with Gasteiger partial charge in [0.1, 0.15) is 12.4 Å². The van der Waals surface area contributed by atoms with Crippen molar-refractivity contribution in [2.24, 2.45) is 5.73 Å². The van der Waals surface area contributed by atoms with Crippen LogP contribution in [-0.4, -0.2) is 18.1 Å². The molecule has 0 saturated heterocycles. The van der Waals surface area contributed by atoms with Crippen LogP contribution in [0.15, 0.2) is 18.2 Å². The SMILES string of the molecule is Cl.NCCOc1ccc([N+](=O)[O-])cc1C1CC1. The molecule has 0 spiro atoms. The molecular formula is C11H15ClN2O3. The maximum absolute atomic E-state index is 10.7. The van der Waals surface area contributed by atoms with Gasteiger partial charge in [0.05, 0.1) is 4.92 Å². The van der Waals surface area contributed by atoms with E-state index in [1.54, 1.807) is 12.1 Å². The quantitative estimate of drug-likeness (QED) is 0.649. The van der Waals surface area contributed by atoms with Crippen LogP contribution in [-0.2, 0) is 0 Å². The fourth-order valence-corrected chi connectivity index (χ4v) is 1.66. The first kappa shape index (κ1) is 13.7. The molecule has 0 unspecified atom stereocenters. The van der Waals surface area contributed by atoms with E-state index in [-0.39, 0.29) is 23.0 Å². The van der Waals surface area contributed by atoms with E-state index in [1.807, 2.05) is 0 Å². The highest BCUT2D eigenvalue weighted by Crippen LogP contribution is 2.45. The Balaban J connectivity index is 0.00000144. The Morgan fingerprint density at radius 3 is 2.71 bits per heavy atom. The molecular weight excluding hydrogens is 244 g/mol. The molecule has 17 heavy (non-hydrogen) atoms. The fourth-order valence-electron chi connectivity index (χ4n) is 1.66. The van der Waals surface area contributed by atoms with Gasteiger partial charge in [0, 0.05) is 24.2 Å². The summed E-state index contributed by atoms with van der Waals surface area (Å²) < 4.78 is 5.47. The number of nitrogens with zero attached hydrogens (tertiary/aromatic N) is 1. The first-order chi connectivity index (χ1) is 7.72. The van der Waals surface area contributed by atoms with Crippen molar-refractivity contribution in [3.05, 3.63) is 33.9 Å². The van der Waals surface area contributed by atoms with E-state index < -0.39 is 0 Å². The number of nitro groups is 1. The average molecular weight is 259 g/mol. The summed E-state index contributed by atoms with van der Waals surface area (Å²) in [5, 5.41) is 10.7. The lowest BCUT2D eigenvalue weighted by atomic mass is 10.1. The third-order valence-corrected chi connectivity index (χ3v) is 2.60. The molecule has 94 valence electrons. The van der Waals surface area contributed by atoms with Crippen LogP contribution < -0.4 is 10.5 Å². The maximum atomic E-state index is 10.7. The molecule has 0 atom stereocenters. The predicted molar refractivity (Wildman–Crippen MR) is 66.9 cm³/mol. The van der Waals surface area contributed by atoms with E-state index in [9.17, 15) is 10.1 Å². The number of ether oxygens (including phenoxy) is 1. The van der Waals surface area contributed by atoms with E-state index in [0.717, 1.165) is 24.2 Å². The standard InChI is InChI=1S/C11H14N2O3.ClH/c12-5-6-16-11-4-3-9(13(14)15)7-10(11)8-1-2-8;/h3-4,7-8H,1-2,5-6,12H2;1H. The van der Waals surface area contributed by atoms with Gasteiger partial charge in [-0.05, 0) is 24.8 Å². The number of non-ortho nitro benzene ring substituents is 1. The number of hydrogen-bond acceptors (Lipinski definition) is 4. The first-order valence-electron chi connectivity index (χ1n) is 5.33. The molecule has 0 aromatic heterocycles. The van der Waals surface area contributed by atoms with Crippen molar-refractivity contribution in [2.45, 2.75) is 18.8 Å². The van der Waals surface area contributed by atoms with Crippen LogP contribution in [0.3, 0.4) is 0 Å². The van der Waals surface area contributed by atoms with Gasteiger partial charge in [-0.15, -0.1) is 12.4 Å². The molecule has 6 heteroatoms. The highest BCUT2D eigenvalue weighted by atomic mass is 35.5. The molecule has 2 N–H and O–H groups in total. The van der Waals surface area contributed by atoms with Crippen molar-refractivity contribution in [1.82, 2.24) is 0 Å². The van der Waals surface area contributed by atoms with Crippen molar-refractivity contribution < 1.29 is 9.66 Å². The lowest BCUT2D eigenvalue weighted by Crippen LogP contribution is -2.11. The van der Waals surface area contributed by atoms with Gasteiger partial charge in [0.2, 0.25) is 0 Å². The average Bonchev–Trinajstić information content (AvgIpc) is 3.09. The largest absolute Gasteiger partial charge is 0.492 e.